The Hall–Kier alpha value is -1.49. The van der Waals surface area contributed by atoms with E-state index in [9.17, 15) is 9.59 Å². The molecule has 1 N–H and O–H groups in total. The highest BCUT2D eigenvalue weighted by Gasteiger charge is 2.46. The molecule has 114 valence electrons. The standard InChI is InChI=1S/C16H22N2O2S/c1-4-21-11-10-18-14(19)13(12-8-6-5-7-9-12)17-15(20)16(18,2)3/h5-9,13H,4,10-11H2,1-3H3,(H,17,20). The monoisotopic (exact) mass is 306 g/mol. The second-order valence-electron chi connectivity index (χ2n) is 5.56. The maximum Gasteiger partial charge on any atom is 0.250 e. The second kappa shape index (κ2) is 6.52. The van der Waals surface area contributed by atoms with Gasteiger partial charge in [-0.2, -0.15) is 11.8 Å². The smallest absolute Gasteiger partial charge is 0.250 e. The molecular formula is C16H22N2O2S. The van der Waals surface area contributed by atoms with Crippen LogP contribution in [0.3, 0.4) is 0 Å². The van der Waals surface area contributed by atoms with E-state index in [0.29, 0.717) is 6.54 Å². The zero-order chi connectivity index (χ0) is 15.5. The van der Waals surface area contributed by atoms with Crippen molar-refractivity contribution in [3.63, 3.8) is 0 Å². The van der Waals surface area contributed by atoms with Gasteiger partial charge in [0.2, 0.25) is 5.91 Å². The average Bonchev–Trinajstić information content (AvgIpc) is 2.47. The van der Waals surface area contributed by atoms with Crippen LogP contribution in [0.4, 0.5) is 0 Å². The number of benzene rings is 1. The number of nitrogens with one attached hydrogen (secondary N) is 1. The molecule has 1 aliphatic rings. The van der Waals surface area contributed by atoms with E-state index in [2.05, 4.69) is 12.2 Å². The number of hydrogen-bond donors (Lipinski definition) is 1. The third kappa shape index (κ3) is 3.23. The summed E-state index contributed by atoms with van der Waals surface area (Å²) in [6.07, 6.45) is 0. The zero-order valence-electron chi connectivity index (χ0n) is 12.8. The highest BCUT2D eigenvalue weighted by molar-refractivity contribution is 7.99. The third-order valence-corrected chi connectivity index (χ3v) is 4.69. The topological polar surface area (TPSA) is 49.4 Å². The van der Waals surface area contributed by atoms with E-state index in [1.165, 1.54) is 0 Å². The summed E-state index contributed by atoms with van der Waals surface area (Å²) < 4.78 is 0. The summed E-state index contributed by atoms with van der Waals surface area (Å²) in [4.78, 5) is 26.9. The first-order valence-electron chi connectivity index (χ1n) is 7.23. The van der Waals surface area contributed by atoms with E-state index in [0.717, 1.165) is 17.1 Å². The van der Waals surface area contributed by atoms with Crippen LogP contribution >= 0.6 is 11.8 Å². The number of nitrogens with zero attached hydrogens (tertiary/aromatic N) is 1. The Balaban J connectivity index is 2.24. The lowest BCUT2D eigenvalue weighted by molar-refractivity contribution is -0.155. The maximum absolute atomic E-state index is 12.8. The second-order valence-corrected chi connectivity index (χ2v) is 6.96. The van der Waals surface area contributed by atoms with Gasteiger partial charge in [0.05, 0.1) is 0 Å². The molecule has 21 heavy (non-hydrogen) atoms. The van der Waals surface area contributed by atoms with Gasteiger partial charge in [0.15, 0.2) is 0 Å². The first kappa shape index (κ1) is 15.9. The van der Waals surface area contributed by atoms with E-state index >= 15 is 0 Å². The Morgan fingerprint density at radius 2 is 1.90 bits per heavy atom. The fourth-order valence-corrected chi connectivity index (χ4v) is 3.08. The minimum Gasteiger partial charge on any atom is -0.338 e. The number of carbonyl (C=O) groups excluding carboxylic acids is 2. The molecule has 1 fully saturated rings. The van der Waals surface area contributed by atoms with E-state index in [1.807, 2.05) is 30.3 Å². The van der Waals surface area contributed by atoms with Gasteiger partial charge in [-0.25, -0.2) is 0 Å². The molecule has 2 rings (SSSR count). The van der Waals surface area contributed by atoms with Crippen LogP contribution in [-0.2, 0) is 9.59 Å². The highest BCUT2D eigenvalue weighted by Crippen LogP contribution is 2.28. The van der Waals surface area contributed by atoms with Crippen molar-refractivity contribution in [2.45, 2.75) is 32.4 Å². The summed E-state index contributed by atoms with van der Waals surface area (Å²) in [5.74, 6) is 1.73. The minimum atomic E-state index is -0.795. The van der Waals surface area contributed by atoms with Crippen molar-refractivity contribution in [3.05, 3.63) is 35.9 Å². The summed E-state index contributed by atoms with van der Waals surface area (Å²) in [7, 11) is 0. The van der Waals surface area contributed by atoms with Gasteiger partial charge in [-0.3, -0.25) is 9.59 Å². The third-order valence-electron chi connectivity index (χ3n) is 3.82. The van der Waals surface area contributed by atoms with Gasteiger partial charge in [0, 0.05) is 12.3 Å². The van der Waals surface area contributed by atoms with Crippen LogP contribution in [0.25, 0.3) is 0 Å². The highest BCUT2D eigenvalue weighted by atomic mass is 32.2. The number of carbonyl (C=O) groups is 2. The molecule has 4 nitrogen and oxygen atoms in total. The Labute approximate surface area is 130 Å². The summed E-state index contributed by atoms with van der Waals surface area (Å²) in [6, 6.07) is 8.84. The number of thioether (sulfide) groups is 1. The van der Waals surface area contributed by atoms with Gasteiger partial charge in [0.25, 0.3) is 5.91 Å². The molecule has 0 aromatic heterocycles. The lowest BCUT2D eigenvalue weighted by Gasteiger charge is -2.44. The molecule has 1 aromatic carbocycles. The average molecular weight is 306 g/mol. The lowest BCUT2D eigenvalue weighted by Crippen LogP contribution is -2.65. The van der Waals surface area contributed by atoms with Gasteiger partial charge in [-0.15, -0.1) is 0 Å². The Bertz CT molecular complexity index is 516. The molecular weight excluding hydrogens is 284 g/mol. The number of hydrogen-bond acceptors (Lipinski definition) is 3. The molecule has 1 aromatic rings. The molecule has 0 aliphatic carbocycles. The van der Waals surface area contributed by atoms with Crippen LogP contribution in [0.2, 0.25) is 0 Å². The normalized spacial score (nSPS) is 21.3. The lowest BCUT2D eigenvalue weighted by atomic mass is 9.93. The molecule has 2 amide bonds. The fourth-order valence-electron chi connectivity index (χ4n) is 2.48. The van der Waals surface area contributed by atoms with E-state index < -0.39 is 11.6 Å². The minimum absolute atomic E-state index is 0.0255. The molecule has 1 unspecified atom stereocenters. The van der Waals surface area contributed by atoms with E-state index in [4.69, 9.17) is 0 Å². The Morgan fingerprint density at radius 1 is 1.24 bits per heavy atom. The van der Waals surface area contributed by atoms with Crippen LogP contribution in [0, 0.1) is 0 Å². The van der Waals surface area contributed by atoms with Crippen LogP contribution < -0.4 is 5.32 Å². The van der Waals surface area contributed by atoms with Crippen LogP contribution in [0.1, 0.15) is 32.4 Å². The largest absolute Gasteiger partial charge is 0.338 e. The van der Waals surface area contributed by atoms with Crippen LogP contribution in [0.5, 0.6) is 0 Å². The summed E-state index contributed by atoms with van der Waals surface area (Å²) in [5, 5.41) is 2.86. The molecule has 1 atom stereocenters. The quantitative estimate of drug-likeness (QED) is 0.849. The van der Waals surface area contributed by atoms with Crippen molar-refractivity contribution in [1.82, 2.24) is 10.2 Å². The maximum atomic E-state index is 12.8. The van der Waals surface area contributed by atoms with Gasteiger partial charge in [0.1, 0.15) is 11.6 Å². The van der Waals surface area contributed by atoms with Gasteiger partial charge in [-0.1, -0.05) is 37.3 Å². The molecule has 0 spiro atoms. The van der Waals surface area contributed by atoms with E-state index in [1.54, 1.807) is 30.5 Å². The number of amides is 2. The van der Waals surface area contributed by atoms with Crippen molar-refractivity contribution >= 4 is 23.6 Å². The number of rotatable bonds is 5. The zero-order valence-corrected chi connectivity index (χ0v) is 13.6. The van der Waals surface area contributed by atoms with Crippen molar-refractivity contribution in [2.24, 2.45) is 0 Å². The predicted octanol–water partition coefficient (Wildman–Crippen LogP) is 2.22. The molecule has 0 saturated carbocycles. The van der Waals surface area contributed by atoms with Crippen molar-refractivity contribution in [1.29, 1.82) is 0 Å². The van der Waals surface area contributed by atoms with Crippen LogP contribution in [0.15, 0.2) is 30.3 Å². The van der Waals surface area contributed by atoms with Crippen LogP contribution in [-0.4, -0.2) is 40.3 Å². The predicted molar refractivity (Wildman–Crippen MR) is 86.1 cm³/mol. The number of piperazine rings is 1. The molecule has 1 heterocycles. The molecule has 1 saturated heterocycles. The molecule has 1 aliphatic heterocycles. The Kier molecular flexibility index (Phi) is 4.93. The molecule has 5 heteroatoms. The van der Waals surface area contributed by atoms with Crippen molar-refractivity contribution in [3.8, 4) is 0 Å². The summed E-state index contributed by atoms with van der Waals surface area (Å²) >= 11 is 1.78. The summed E-state index contributed by atoms with van der Waals surface area (Å²) in [6.45, 7) is 6.30. The van der Waals surface area contributed by atoms with Crippen molar-refractivity contribution < 1.29 is 9.59 Å². The SMILES string of the molecule is CCSCCN1C(=O)C(c2ccccc2)NC(=O)C1(C)C. The first-order valence-corrected chi connectivity index (χ1v) is 8.39. The molecule has 0 radical (unpaired) electrons. The summed E-state index contributed by atoms with van der Waals surface area (Å²) in [5.41, 5.74) is 0.0379. The molecule has 0 bridgehead atoms. The van der Waals surface area contributed by atoms with Crippen molar-refractivity contribution in [2.75, 3.05) is 18.1 Å². The van der Waals surface area contributed by atoms with Gasteiger partial charge >= 0.3 is 0 Å². The van der Waals surface area contributed by atoms with E-state index in [-0.39, 0.29) is 11.8 Å². The Morgan fingerprint density at radius 3 is 2.52 bits per heavy atom. The van der Waals surface area contributed by atoms with Gasteiger partial charge in [-0.05, 0) is 25.2 Å². The first-order chi connectivity index (χ1) is 9.98. The fraction of sp³-hybridized carbons (Fsp3) is 0.500. The van der Waals surface area contributed by atoms with Gasteiger partial charge < -0.3 is 10.2 Å².